The Kier molecular flexibility index (Phi) is 9.47. The second-order valence-electron chi connectivity index (χ2n) is 3.73. The molecule has 0 bridgehead atoms. The van der Waals surface area contributed by atoms with Gasteiger partial charge in [0.1, 0.15) is 0 Å². The first-order valence-corrected chi connectivity index (χ1v) is 6.49. The first-order chi connectivity index (χ1) is 6.66. The molecule has 0 saturated carbocycles. The Morgan fingerprint density at radius 3 is 2.64 bits per heavy atom. The molecule has 0 aliphatic rings. The van der Waals surface area contributed by atoms with Gasteiger partial charge < -0.3 is 5.32 Å². The van der Waals surface area contributed by atoms with E-state index in [-0.39, 0.29) is 5.91 Å². The van der Waals surface area contributed by atoms with Gasteiger partial charge in [-0.25, -0.2) is 0 Å². The zero-order chi connectivity index (χ0) is 10.8. The average molecular weight is 264 g/mol. The van der Waals surface area contributed by atoms with E-state index in [1.54, 1.807) is 0 Å². The number of unbranched alkanes of at least 4 members (excludes halogenated alkanes) is 3. The van der Waals surface area contributed by atoms with E-state index in [0.29, 0.717) is 11.2 Å². The number of carbonyl (C=O) groups is 1. The van der Waals surface area contributed by atoms with E-state index >= 15 is 0 Å². The second-order valence-corrected chi connectivity index (χ2v) is 5.29. The van der Waals surface area contributed by atoms with Crippen molar-refractivity contribution in [3.63, 3.8) is 0 Å². The Bertz CT molecular complexity index is 148. The van der Waals surface area contributed by atoms with Gasteiger partial charge in [-0.05, 0) is 12.8 Å². The molecule has 0 spiro atoms. The second kappa shape index (κ2) is 9.50. The van der Waals surface area contributed by atoms with Crippen molar-refractivity contribution < 1.29 is 4.79 Å². The van der Waals surface area contributed by atoms with E-state index in [1.165, 1.54) is 19.3 Å². The summed E-state index contributed by atoms with van der Waals surface area (Å²) in [5.74, 6) is 0.203. The molecule has 0 aromatic rings. The van der Waals surface area contributed by atoms with Crippen LogP contribution in [0.25, 0.3) is 0 Å². The molecular weight excluding hydrogens is 242 g/mol. The van der Waals surface area contributed by atoms with Gasteiger partial charge in [0.05, 0.1) is 0 Å². The molecular formula is C11H22BrNO. The summed E-state index contributed by atoms with van der Waals surface area (Å²) in [6.07, 6.45) is 6.37. The Balaban J connectivity index is 3.20. The smallest absolute Gasteiger partial charge is 0.219 e. The lowest BCUT2D eigenvalue weighted by Gasteiger charge is -2.05. The van der Waals surface area contributed by atoms with E-state index in [2.05, 4.69) is 35.1 Å². The number of hydrogen-bond donors (Lipinski definition) is 1. The molecule has 0 aliphatic carbocycles. The lowest BCUT2D eigenvalue weighted by molar-refractivity contribution is -0.121. The average Bonchev–Trinajstić information content (AvgIpc) is 2.12. The molecule has 2 nitrogen and oxygen atoms in total. The summed E-state index contributed by atoms with van der Waals surface area (Å²) in [7, 11) is 0. The summed E-state index contributed by atoms with van der Waals surface area (Å²) in [5, 5.41) is 2.92. The number of alkyl halides is 1. The van der Waals surface area contributed by atoms with Crippen molar-refractivity contribution in [2.45, 2.75) is 57.2 Å². The van der Waals surface area contributed by atoms with Crippen molar-refractivity contribution in [1.82, 2.24) is 5.32 Å². The van der Waals surface area contributed by atoms with Crippen molar-refractivity contribution in [2.24, 2.45) is 0 Å². The quantitative estimate of drug-likeness (QED) is 0.529. The summed E-state index contributed by atoms with van der Waals surface area (Å²) >= 11 is 3.45. The van der Waals surface area contributed by atoms with Crippen LogP contribution in [-0.2, 0) is 4.79 Å². The molecule has 1 amide bonds. The largest absolute Gasteiger partial charge is 0.356 e. The summed E-state index contributed by atoms with van der Waals surface area (Å²) in [6.45, 7) is 5.06. The highest BCUT2D eigenvalue weighted by molar-refractivity contribution is 9.09. The topological polar surface area (TPSA) is 29.1 Å². The van der Waals surface area contributed by atoms with Crippen LogP contribution in [0.5, 0.6) is 0 Å². The number of nitrogens with one attached hydrogen (secondary N) is 1. The summed E-state index contributed by atoms with van der Waals surface area (Å²) in [5.41, 5.74) is 0. The molecule has 0 radical (unpaired) electrons. The van der Waals surface area contributed by atoms with Crippen LogP contribution in [0.15, 0.2) is 0 Å². The maximum atomic E-state index is 11.3. The molecule has 0 aromatic carbocycles. The van der Waals surface area contributed by atoms with Crippen molar-refractivity contribution >= 4 is 21.8 Å². The van der Waals surface area contributed by atoms with Crippen LogP contribution in [0, 0.1) is 0 Å². The van der Waals surface area contributed by atoms with Gasteiger partial charge in [0.15, 0.2) is 0 Å². The number of rotatable bonds is 8. The lowest BCUT2D eigenvalue weighted by Crippen LogP contribution is -2.25. The third-order valence-corrected chi connectivity index (χ3v) is 2.58. The standard InChI is InChI=1S/C11H22BrNO/c1-3-4-5-6-7-11(14)13-9-8-10(2)12/h10H,3-9H2,1-2H3,(H,13,14). The first-order valence-electron chi connectivity index (χ1n) is 5.57. The van der Waals surface area contributed by atoms with E-state index in [9.17, 15) is 4.79 Å². The Labute approximate surface area is 96.0 Å². The zero-order valence-electron chi connectivity index (χ0n) is 9.31. The minimum Gasteiger partial charge on any atom is -0.356 e. The number of hydrogen-bond acceptors (Lipinski definition) is 1. The fourth-order valence-electron chi connectivity index (χ4n) is 1.21. The summed E-state index contributed by atoms with van der Waals surface area (Å²) in [6, 6.07) is 0. The molecule has 0 aliphatic heterocycles. The van der Waals surface area contributed by atoms with Gasteiger partial charge in [-0.15, -0.1) is 0 Å². The van der Waals surface area contributed by atoms with Gasteiger partial charge in [-0.3, -0.25) is 4.79 Å². The van der Waals surface area contributed by atoms with E-state index in [0.717, 1.165) is 19.4 Å². The van der Waals surface area contributed by atoms with Crippen molar-refractivity contribution in [1.29, 1.82) is 0 Å². The fraction of sp³-hybridized carbons (Fsp3) is 0.909. The number of carbonyl (C=O) groups excluding carboxylic acids is 1. The number of amides is 1. The summed E-state index contributed by atoms with van der Waals surface area (Å²) < 4.78 is 0. The number of halogens is 1. The fourth-order valence-corrected chi connectivity index (χ4v) is 1.44. The van der Waals surface area contributed by atoms with Gasteiger partial charge in [-0.2, -0.15) is 0 Å². The van der Waals surface area contributed by atoms with Gasteiger partial charge in [0, 0.05) is 17.8 Å². The SMILES string of the molecule is CCCCCCC(=O)NCCC(C)Br. The van der Waals surface area contributed by atoms with Gasteiger partial charge in [-0.1, -0.05) is 49.0 Å². The maximum Gasteiger partial charge on any atom is 0.219 e. The first kappa shape index (κ1) is 13.9. The van der Waals surface area contributed by atoms with Crippen LogP contribution in [-0.4, -0.2) is 17.3 Å². The van der Waals surface area contributed by atoms with Crippen LogP contribution < -0.4 is 5.32 Å². The van der Waals surface area contributed by atoms with Gasteiger partial charge in [0.25, 0.3) is 0 Å². The highest BCUT2D eigenvalue weighted by Crippen LogP contribution is 2.03. The molecule has 0 aromatic heterocycles. The molecule has 0 heterocycles. The van der Waals surface area contributed by atoms with E-state index in [1.807, 2.05) is 0 Å². The zero-order valence-corrected chi connectivity index (χ0v) is 10.9. The van der Waals surface area contributed by atoms with E-state index < -0.39 is 0 Å². The van der Waals surface area contributed by atoms with Gasteiger partial charge >= 0.3 is 0 Å². The third kappa shape index (κ3) is 10.0. The monoisotopic (exact) mass is 263 g/mol. The summed E-state index contributed by atoms with van der Waals surface area (Å²) in [4.78, 5) is 11.8. The molecule has 0 fully saturated rings. The van der Waals surface area contributed by atoms with Crippen LogP contribution in [0.4, 0.5) is 0 Å². The van der Waals surface area contributed by atoms with Crippen LogP contribution in [0.1, 0.15) is 52.4 Å². The maximum absolute atomic E-state index is 11.3. The minimum atomic E-state index is 0.203. The normalized spacial score (nSPS) is 12.5. The molecule has 84 valence electrons. The van der Waals surface area contributed by atoms with Crippen molar-refractivity contribution in [3.8, 4) is 0 Å². The molecule has 1 unspecified atom stereocenters. The van der Waals surface area contributed by atoms with Crippen LogP contribution in [0.2, 0.25) is 0 Å². The molecule has 1 N–H and O–H groups in total. The molecule has 0 rings (SSSR count). The highest BCUT2D eigenvalue weighted by Gasteiger charge is 2.01. The highest BCUT2D eigenvalue weighted by atomic mass is 79.9. The molecule has 14 heavy (non-hydrogen) atoms. The predicted molar refractivity (Wildman–Crippen MR) is 64.8 cm³/mol. The predicted octanol–water partition coefficient (Wildman–Crippen LogP) is 3.25. The van der Waals surface area contributed by atoms with E-state index in [4.69, 9.17) is 0 Å². The van der Waals surface area contributed by atoms with Gasteiger partial charge in [0.2, 0.25) is 5.91 Å². The molecule has 0 saturated heterocycles. The lowest BCUT2D eigenvalue weighted by atomic mass is 10.1. The van der Waals surface area contributed by atoms with Crippen LogP contribution >= 0.6 is 15.9 Å². The van der Waals surface area contributed by atoms with Crippen LogP contribution in [0.3, 0.4) is 0 Å². The Hall–Kier alpha value is -0.0500. The molecule has 3 heteroatoms. The van der Waals surface area contributed by atoms with Crippen molar-refractivity contribution in [2.75, 3.05) is 6.54 Å². The molecule has 1 atom stereocenters. The van der Waals surface area contributed by atoms with Crippen molar-refractivity contribution in [3.05, 3.63) is 0 Å². The Morgan fingerprint density at radius 2 is 2.07 bits per heavy atom. The minimum absolute atomic E-state index is 0.203. The third-order valence-electron chi connectivity index (χ3n) is 2.12. The Morgan fingerprint density at radius 1 is 1.36 bits per heavy atom.